The largest absolute Gasteiger partial charge is 0.460 e. The van der Waals surface area contributed by atoms with Crippen LogP contribution in [0.5, 0.6) is 0 Å². The van der Waals surface area contributed by atoms with Crippen molar-refractivity contribution in [3.8, 4) is 0 Å². The minimum Gasteiger partial charge on any atom is -0.460 e. The highest BCUT2D eigenvalue weighted by Crippen LogP contribution is 2.28. The second kappa shape index (κ2) is 4.33. The van der Waals surface area contributed by atoms with Gasteiger partial charge in [-0.15, -0.1) is 0 Å². The van der Waals surface area contributed by atoms with Crippen molar-refractivity contribution in [2.45, 2.75) is 60.5 Å². The number of carbonyl (C=O) groups is 1. The van der Waals surface area contributed by atoms with E-state index in [1.165, 1.54) is 0 Å². The molecule has 0 aliphatic heterocycles. The zero-order chi connectivity index (χ0) is 11.6. The van der Waals surface area contributed by atoms with Gasteiger partial charge in [-0.2, -0.15) is 0 Å². The molecule has 0 aromatic heterocycles. The molecule has 0 aliphatic rings. The first-order chi connectivity index (χ1) is 6.02. The van der Waals surface area contributed by atoms with Crippen molar-refractivity contribution in [3.05, 3.63) is 0 Å². The van der Waals surface area contributed by atoms with Crippen LogP contribution in [-0.4, -0.2) is 11.6 Å². The van der Waals surface area contributed by atoms with E-state index in [2.05, 4.69) is 27.7 Å². The Bertz CT molecular complexity index is 193. The highest BCUT2D eigenvalue weighted by Gasteiger charge is 2.25. The van der Waals surface area contributed by atoms with E-state index in [0.717, 1.165) is 0 Å². The van der Waals surface area contributed by atoms with E-state index in [1.807, 2.05) is 20.8 Å². The zero-order valence-electron chi connectivity index (χ0n) is 10.6. The number of esters is 1. The highest BCUT2D eigenvalue weighted by atomic mass is 16.6. The minimum atomic E-state index is -0.366. The van der Waals surface area contributed by atoms with E-state index in [-0.39, 0.29) is 17.0 Å². The van der Waals surface area contributed by atoms with Crippen LogP contribution in [0, 0.1) is 11.3 Å². The summed E-state index contributed by atoms with van der Waals surface area (Å²) in [5, 5.41) is 0. The Morgan fingerprint density at radius 3 is 1.86 bits per heavy atom. The molecule has 0 bridgehead atoms. The van der Waals surface area contributed by atoms with Gasteiger partial charge in [-0.3, -0.25) is 4.79 Å². The Labute approximate surface area is 88.0 Å². The van der Waals surface area contributed by atoms with Gasteiger partial charge in [-0.25, -0.2) is 0 Å². The lowest BCUT2D eigenvalue weighted by Gasteiger charge is -2.28. The predicted molar refractivity (Wildman–Crippen MR) is 59.1 cm³/mol. The molecule has 2 heteroatoms. The maximum absolute atomic E-state index is 11.5. The maximum Gasteiger partial charge on any atom is 0.306 e. The molecule has 0 aromatic carbocycles. The van der Waals surface area contributed by atoms with Crippen LogP contribution < -0.4 is 0 Å². The summed E-state index contributed by atoms with van der Waals surface area (Å²) in [6, 6.07) is 0. The average molecular weight is 200 g/mol. The van der Waals surface area contributed by atoms with Crippen molar-refractivity contribution in [2.75, 3.05) is 0 Å². The van der Waals surface area contributed by atoms with Crippen molar-refractivity contribution in [1.29, 1.82) is 0 Å². The van der Waals surface area contributed by atoms with E-state index in [1.54, 1.807) is 0 Å². The van der Waals surface area contributed by atoms with Crippen molar-refractivity contribution >= 4 is 5.97 Å². The molecule has 1 atom stereocenters. The van der Waals surface area contributed by atoms with Crippen molar-refractivity contribution < 1.29 is 9.53 Å². The summed E-state index contributed by atoms with van der Waals surface area (Å²) in [6.45, 7) is 14.2. The second-order valence-electron chi connectivity index (χ2n) is 6.06. The molecule has 0 aliphatic carbocycles. The predicted octanol–water partition coefficient (Wildman–Crippen LogP) is 3.40. The first-order valence-corrected chi connectivity index (χ1v) is 5.24. The van der Waals surface area contributed by atoms with Crippen LogP contribution in [0.1, 0.15) is 54.9 Å². The number of ether oxygens (including phenoxy) is 1. The molecule has 0 saturated carbocycles. The molecule has 14 heavy (non-hydrogen) atoms. The lowest BCUT2D eigenvalue weighted by atomic mass is 9.80. The van der Waals surface area contributed by atoms with Crippen LogP contribution in [0.2, 0.25) is 0 Å². The molecule has 2 nitrogen and oxygen atoms in total. The SMILES string of the molecule is C[C@@H](CC(=O)OC(C)(C)C)C(C)(C)C. The smallest absolute Gasteiger partial charge is 0.306 e. The van der Waals surface area contributed by atoms with Gasteiger partial charge in [0.25, 0.3) is 0 Å². The van der Waals surface area contributed by atoms with Gasteiger partial charge in [-0.05, 0) is 32.1 Å². The van der Waals surface area contributed by atoms with Crippen LogP contribution >= 0.6 is 0 Å². The van der Waals surface area contributed by atoms with Crippen LogP contribution in [0.15, 0.2) is 0 Å². The lowest BCUT2D eigenvalue weighted by Crippen LogP contribution is -2.27. The van der Waals surface area contributed by atoms with Crippen molar-refractivity contribution in [1.82, 2.24) is 0 Å². The quantitative estimate of drug-likeness (QED) is 0.639. The average Bonchev–Trinajstić information content (AvgIpc) is 1.79. The molecular weight excluding hydrogens is 176 g/mol. The van der Waals surface area contributed by atoms with Gasteiger partial charge < -0.3 is 4.74 Å². The summed E-state index contributed by atoms with van der Waals surface area (Å²) in [7, 11) is 0. The van der Waals surface area contributed by atoms with Gasteiger partial charge in [0.1, 0.15) is 5.60 Å². The third-order valence-electron chi connectivity index (χ3n) is 2.37. The number of carbonyl (C=O) groups excluding carboxylic acids is 1. The number of rotatable bonds is 2. The van der Waals surface area contributed by atoms with E-state index >= 15 is 0 Å². The third kappa shape index (κ3) is 6.01. The minimum absolute atomic E-state index is 0.0973. The van der Waals surface area contributed by atoms with Gasteiger partial charge in [-0.1, -0.05) is 27.7 Å². The Balaban J connectivity index is 4.09. The molecule has 0 N–H and O–H groups in total. The Morgan fingerprint density at radius 2 is 1.57 bits per heavy atom. The summed E-state index contributed by atoms with van der Waals surface area (Å²) in [6.07, 6.45) is 0.501. The maximum atomic E-state index is 11.5. The molecule has 0 heterocycles. The standard InChI is InChI=1S/C12H24O2/c1-9(11(2,3)4)8-10(13)14-12(5,6)7/h9H,8H2,1-7H3/t9-/m0/s1. The third-order valence-corrected chi connectivity index (χ3v) is 2.37. The van der Waals surface area contributed by atoms with Crippen LogP contribution in [-0.2, 0) is 9.53 Å². The molecular formula is C12H24O2. The summed E-state index contributed by atoms with van der Waals surface area (Å²) in [5.74, 6) is 0.247. The molecule has 0 fully saturated rings. The second-order valence-corrected chi connectivity index (χ2v) is 6.06. The summed E-state index contributed by atoms with van der Waals surface area (Å²) < 4.78 is 5.26. The van der Waals surface area contributed by atoms with E-state index in [0.29, 0.717) is 12.3 Å². The normalized spacial score (nSPS) is 15.1. The fraction of sp³-hybridized carbons (Fsp3) is 0.917. The van der Waals surface area contributed by atoms with Crippen LogP contribution in [0.4, 0.5) is 0 Å². The fourth-order valence-electron chi connectivity index (χ4n) is 0.939. The molecule has 0 aromatic rings. The van der Waals surface area contributed by atoms with Gasteiger partial charge in [0.15, 0.2) is 0 Å². The molecule has 0 unspecified atom stereocenters. The Kier molecular flexibility index (Phi) is 4.16. The highest BCUT2D eigenvalue weighted by molar-refractivity contribution is 5.70. The van der Waals surface area contributed by atoms with Gasteiger partial charge in [0, 0.05) is 6.42 Å². The van der Waals surface area contributed by atoms with Crippen LogP contribution in [0.3, 0.4) is 0 Å². The summed E-state index contributed by atoms with van der Waals surface area (Å²) in [4.78, 5) is 11.5. The fourth-order valence-corrected chi connectivity index (χ4v) is 0.939. The van der Waals surface area contributed by atoms with E-state index < -0.39 is 0 Å². The first-order valence-electron chi connectivity index (χ1n) is 5.24. The molecule has 0 spiro atoms. The molecule has 0 saturated heterocycles. The lowest BCUT2D eigenvalue weighted by molar-refractivity contribution is -0.156. The van der Waals surface area contributed by atoms with E-state index in [9.17, 15) is 4.79 Å². The van der Waals surface area contributed by atoms with Crippen LogP contribution in [0.25, 0.3) is 0 Å². The summed E-state index contributed by atoms with van der Waals surface area (Å²) in [5.41, 5.74) is -0.203. The van der Waals surface area contributed by atoms with E-state index in [4.69, 9.17) is 4.74 Å². The zero-order valence-corrected chi connectivity index (χ0v) is 10.6. The van der Waals surface area contributed by atoms with Gasteiger partial charge >= 0.3 is 5.97 Å². The van der Waals surface area contributed by atoms with Gasteiger partial charge in [0.05, 0.1) is 0 Å². The Morgan fingerprint density at radius 1 is 1.14 bits per heavy atom. The molecule has 0 radical (unpaired) electrons. The Hall–Kier alpha value is -0.530. The summed E-state index contributed by atoms with van der Waals surface area (Å²) >= 11 is 0. The molecule has 0 amide bonds. The topological polar surface area (TPSA) is 26.3 Å². The molecule has 0 rings (SSSR count). The number of hydrogen-bond donors (Lipinski definition) is 0. The monoisotopic (exact) mass is 200 g/mol. The van der Waals surface area contributed by atoms with Crippen molar-refractivity contribution in [2.24, 2.45) is 11.3 Å². The molecule has 84 valence electrons. The first kappa shape index (κ1) is 13.5. The van der Waals surface area contributed by atoms with Crippen molar-refractivity contribution in [3.63, 3.8) is 0 Å². The van der Waals surface area contributed by atoms with Gasteiger partial charge in [0.2, 0.25) is 0 Å². The number of hydrogen-bond acceptors (Lipinski definition) is 2.